The molecular formula is C11H12. The zero-order chi connectivity index (χ0) is 7.26. The number of fused-ring (bicyclic) bond motifs is 5. The highest BCUT2D eigenvalue weighted by molar-refractivity contribution is 5.26. The van der Waals surface area contributed by atoms with E-state index < -0.39 is 0 Å². The Morgan fingerprint density at radius 2 is 1.27 bits per heavy atom. The molecule has 0 spiro atoms. The number of allylic oxidation sites excluding steroid dienone is 6. The van der Waals surface area contributed by atoms with Gasteiger partial charge in [-0.3, -0.25) is 0 Å². The molecule has 4 atom stereocenters. The van der Waals surface area contributed by atoms with Crippen LogP contribution in [0.25, 0.3) is 0 Å². The van der Waals surface area contributed by atoms with Crippen LogP contribution in [0.5, 0.6) is 0 Å². The van der Waals surface area contributed by atoms with Gasteiger partial charge in [-0.25, -0.2) is 0 Å². The van der Waals surface area contributed by atoms with Crippen molar-refractivity contribution in [2.24, 2.45) is 23.7 Å². The fourth-order valence-electron chi connectivity index (χ4n) is 2.83. The lowest BCUT2D eigenvalue weighted by Gasteiger charge is -2.24. The van der Waals surface area contributed by atoms with Gasteiger partial charge in [-0.15, -0.1) is 0 Å². The van der Waals surface area contributed by atoms with E-state index in [4.69, 9.17) is 0 Å². The number of hydrogen-bond acceptors (Lipinski definition) is 0. The summed E-state index contributed by atoms with van der Waals surface area (Å²) in [6, 6.07) is 0. The average Bonchev–Trinajstić information content (AvgIpc) is 2.64. The van der Waals surface area contributed by atoms with Crippen LogP contribution in [0.4, 0.5) is 0 Å². The molecule has 0 unspecified atom stereocenters. The molecule has 3 aliphatic carbocycles. The minimum absolute atomic E-state index is 0.843. The Kier molecular flexibility index (Phi) is 0.993. The summed E-state index contributed by atoms with van der Waals surface area (Å²) in [7, 11) is 0. The lowest BCUT2D eigenvalue weighted by atomic mass is 9.81. The number of rotatable bonds is 0. The molecule has 1 fully saturated rings. The van der Waals surface area contributed by atoms with Gasteiger partial charge in [-0.2, -0.15) is 0 Å². The molecule has 0 N–H and O–H groups in total. The second-order valence-corrected chi connectivity index (χ2v) is 3.87. The van der Waals surface area contributed by atoms with Crippen molar-refractivity contribution in [1.82, 2.24) is 0 Å². The van der Waals surface area contributed by atoms with Gasteiger partial charge in [0.1, 0.15) is 0 Å². The molecule has 0 heteroatoms. The molecule has 0 aromatic carbocycles. The molecule has 56 valence electrons. The van der Waals surface area contributed by atoms with E-state index in [0.29, 0.717) is 0 Å². The highest BCUT2D eigenvalue weighted by Crippen LogP contribution is 2.50. The minimum Gasteiger partial charge on any atom is -0.0845 e. The molecule has 0 amide bonds. The predicted molar refractivity (Wildman–Crippen MR) is 46.0 cm³/mol. The maximum atomic E-state index is 2.41. The second-order valence-electron chi connectivity index (χ2n) is 3.87. The highest BCUT2D eigenvalue weighted by Gasteiger charge is 2.41. The highest BCUT2D eigenvalue weighted by atomic mass is 14.5. The Labute approximate surface area is 67.3 Å². The summed E-state index contributed by atoms with van der Waals surface area (Å²) < 4.78 is 0. The summed E-state index contributed by atoms with van der Waals surface area (Å²) in [5.74, 6) is 3.42. The zero-order valence-corrected chi connectivity index (χ0v) is 6.48. The number of hydrogen-bond donors (Lipinski definition) is 0. The van der Waals surface area contributed by atoms with Crippen molar-refractivity contribution in [2.45, 2.75) is 6.42 Å². The van der Waals surface area contributed by atoms with E-state index >= 15 is 0 Å². The van der Waals surface area contributed by atoms with Gasteiger partial charge in [-0.1, -0.05) is 36.5 Å². The van der Waals surface area contributed by atoms with E-state index in [-0.39, 0.29) is 0 Å². The molecule has 0 saturated heterocycles. The summed E-state index contributed by atoms with van der Waals surface area (Å²) >= 11 is 0. The summed E-state index contributed by atoms with van der Waals surface area (Å²) in [4.78, 5) is 0. The molecule has 0 aromatic heterocycles. The maximum Gasteiger partial charge on any atom is -0.00985 e. The van der Waals surface area contributed by atoms with Crippen LogP contribution in [-0.4, -0.2) is 0 Å². The summed E-state index contributed by atoms with van der Waals surface area (Å²) in [5, 5.41) is 0. The van der Waals surface area contributed by atoms with E-state index in [1.54, 1.807) is 0 Å². The lowest BCUT2D eigenvalue weighted by Crippen LogP contribution is -2.16. The van der Waals surface area contributed by atoms with Crippen molar-refractivity contribution in [3.63, 3.8) is 0 Å². The molecule has 0 heterocycles. The van der Waals surface area contributed by atoms with Crippen molar-refractivity contribution in [2.75, 3.05) is 0 Å². The second kappa shape index (κ2) is 1.88. The predicted octanol–water partition coefficient (Wildman–Crippen LogP) is 2.55. The zero-order valence-electron chi connectivity index (χ0n) is 6.48. The third-order valence-electron chi connectivity index (χ3n) is 3.36. The van der Waals surface area contributed by atoms with Gasteiger partial charge in [-0.05, 0) is 30.1 Å². The fourth-order valence-corrected chi connectivity index (χ4v) is 2.83. The molecule has 3 rings (SSSR count). The first kappa shape index (κ1) is 5.82. The molecule has 0 aromatic rings. The average molecular weight is 144 g/mol. The fraction of sp³-hybridized carbons (Fsp3) is 0.455. The first-order chi connectivity index (χ1) is 5.45. The summed E-state index contributed by atoms with van der Waals surface area (Å²) in [6.45, 7) is 0. The Balaban J connectivity index is 2.04. The summed E-state index contributed by atoms with van der Waals surface area (Å²) in [5.41, 5.74) is 0. The molecule has 0 aliphatic heterocycles. The molecule has 0 nitrogen and oxygen atoms in total. The van der Waals surface area contributed by atoms with Crippen molar-refractivity contribution in [3.8, 4) is 0 Å². The molecular weight excluding hydrogens is 132 g/mol. The van der Waals surface area contributed by atoms with Crippen LogP contribution >= 0.6 is 0 Å². The van der Waals surface area contributed by atoms with E-state index in [2.05, 4.69) is 36.5 Å². The van der Waals surface area contributed by atoms with Crippen LogP contribution in [0.2, 0.25) is 0 Å². The van der Waals surface area contributed by atoms with Crippen molar-refractivity contribution in [3.05, 3.63) is 36.5 Å². The quantitative estimate of drug-likeness (QED) is 0.458. The van der Waals surface area contributed by atoms with Crippen LogP contribution in [0.1, 0.15) is 6.42 Å². The van der Waals surface area contributed by atoms with Crippen LogP contribution in [0.3, 0.4) is 0 Å². The van der Waals surface area contributed by atoms with Gasteiger partial charge in [0.05, 0.1) is 0 Å². The Morgan fingerprint density at radius 1 is 0.727 bits per heavy atom. The molecule has 0 radical (unpaired) electrons. The van der Waals surface area contributed by atoms with Gasteiger partial charge in [0.15, 0.2) is 0 Å². The first-order valence-electron chi connectivity index (χ1n) is 4.48. The maximum absolute atomic E-state index is 2.41. The monoisotopic (exact) mass is 144 g/mol. The summed E-state index contributed by atoms with van der Waals surface area (Å²) in [6.07, 6.45) is 15.4. The minimum atomic E-state index is 0.843. The van der Waals surface area contributed by atoms with Crippen molar-refractivity contribution < 1.29 is 0 Å². The van der Waals surface area contributed by atoms with E-state index in [1.165, 1.54) is 6.42 Å². The SMILES string of the molecule is C1=C[C@@H]2[C@H](C=C1)[C@@H]1C=C[C@H]2C1. The molecule has 1 saturated carbocycles. The van der Waals surface area contributed by atoms with Crippen LogP contribution in [-0.2, 0) is 0 Å². The standard InChI is InChI=1S/C11H12/c1-2-4-11-9-6-5-8(7-9)10(11)3-1/h1-6,8-11H,7H2/t8-,9+,10-,11+. The third-order valence-corrected chi connectivity index (χ3v) is 3.36. The smallest absolute Gasteiger partial charge is 0.00985 e. The van der Waals surface area contributed by atoms with Gasteiger partial charge in [0.25, 0.3) is 0 Å². The van der Waals surface area contributed by atoms with Gasteiger partial charge in [0.2, 0.25) is 0 Å². The van der Waals surface area contributed by atoms with Gasteiger partial charge >= 0.3 is 0 Å². The Bertz CT molecular complexity index is 231. The molecule has 3 aliphatic rings. The van der Waals surface area contributed by atoms with E-state index in [1.807, 2.05) is 0 Å². The normalized spacial score (nSPS) is 50.2. The largest absolute Gasteiger partial charge is 0.0845 e. The molecule has 2 bridgehead atoms. The van der Waals surface area contributed by atoms with Crippen molar-refractivity contribution >= 4 is 0 Å². The first-order valence-corrected chi connectivity index (χ1v) is 4.48. The lowest BCUT2D eigenvalue weighted by molar-refractivity contribution is 0.443. The van der Waals surface area contributed by atoms with E-state index in [0.717, 1.165) is 23.7 Å². The van der Waals surface area contributed by atoms with Crippen LogP contribution in [0.15, 0.2) is 36.5 Å². The topological polar surface area (TPSA) is 0 Å². The van der Waals surface area contributed by atoms with E-state index in [9.17, 15) is 0 Å². The van der Waals surface area contributed by atoms with Crippen LogP contribution < -0.4 is 0 Å². The van der Waals surface area contributed by atoms with Gasteiger partial charge < -0.3 is 0 Å². The Morgan fingerprint density at radius 3 is 1.82 bits per heavy atom. The van der Waals surface area contributed by atoms with Crippen molar-refractivity contribution in [1.29, 1.82) is 0 Å². The van der Waals surface area contributed by atoms with Crippen LogP contribution in [0, 0.1) is 23.7 Å². The third kappa shape index (κ3) is 0.649. The Hall–Kier alpha value is -0.780. The molecule has 11 heavy (non-hydrogen) atoms. The van der Waals surface area contributed by atoms with Gasteiger partial charge in [0, 0.05) is 0 Å².